The fraction of sp³-hybridized carbons (Fsp3) is 0.446. The number of benzene rings is 4. The molecule has 19 heteroatoms. The molecule has 2 amide bonds. The Kier molecular flexibility index (Phi) is 25.5. The largest absolute Gasteiger partial charge is 0.494 e. The van der Waals surface area contributed by atoms with Gasteiger partial charge in [-0.1, -0.05) is 68.9 Å². The van der Waals surface area contributed by atoms with Crippen molar-refractivity contribution in [3.63, 3.8) is 0 Å². The lowest BCUT2D eigenvalue weighted by atomic mass is 9.88. The number of amides is 2. The maximum Gasteiger partial charge on any atom is 0.337 e. The SMILES string of the molecule is CCCCOc1ccc(C(=O)C[C@@H](CCN)C(=O)N(C)[C@@H]2C(=O)C[C@@H](C)C(=O)N[C@H](C(=O)CCC#N)Cc3ccc(OCCN)c(c3)-c3cc2ccc3OCCN)c(Cl)c1.CCCCOc1ccc(C(=O)O)c(Cl)c1. The molecule has 0 aliphatic carbocycles. The molecule has 0 saturated carbocycles. The van der Waals surface area contributed by atoms with Crippen molar-refractivity contribution in [1.82, 2.24) is 10.2 Å². The van der Waals surface area contributed by atoms with Gasteiger partial charge in [-0.3, -0.25) is 24.0 Å². The van der Waals surface area contributed by atoms with Crippen LogP contribution in [0.15, 0.2) is 72.8 Å². The third-order valence-corrected chi connectivity index (χ3v) is 12.9. The molecule has 17 nitrogen and oxygen atoms in total. The quantitative estimate of drug-likeness (QED) is 0.0308. The van der Waals surface area contributed by atoms with Crippen LogP contribution in [0.2, 0.25) is 10.0 Å². The average molecular weight is 1070 g/mol. The zero-order chi connectivity index (χ0) is 55.0. The summed E-state index contributed by atoms with van der Waals surface area (Å²) in [5.41, 5.74) is 20.1. The molecule has 0 radical (unpaired) electrons. The van der Waals surface area contributed by atoms with E-state index in [0.29, 0.717) is 58.5 Å². The van der Waals surface area contributed by atoms with Crippen molar-refractivity contribution in [3.05, 3.63) is 105 Å². The molecule has 1 aliphatic rings. The van der Waals surface area contributed by atoms with Crippen LogP contribution in [-0.4, -0.2) is 104 Å². The lowest BCUT2D eigenvalue weighted by Gasteiger charge is -2.32. The van der Waals surface area contributed by atoms with E-state index >= 15 is 0 Å². The van der Waals surface area contributed by atoms with Gasteiger partial charge >= 0.3 is 5.97 Å². The van der Waals surface area contributed by atoms with Crippen LogP contribution >= 0.6 is 23.2 Å². The van der Waals surface area contributed by atoms with Crippen molar-refractivity contribution < 1.29 is 52.8 Å². The molecule has 5 rings (SSSR count). The number of carboxylic acid groups (broad SMARTS) is 1. The summed E-state index contributed by atoms with van der Waals surface area (Å²) in [5, 5.41) is 21.2. The van der Waals surface area contributed by atoms with Crippen molar-refractivity contribution in [2.24, 2.45) is 29.0 Å². The highest BCUT2D eigenvalue weighted by atomic mass is 35.5. The lowest BCUT2D eigenvalue weighted by Crippen LogP contribution is -2.46. The van der Waals surface area contributed by atoms with Crippen LogP contribution in [-0.2, 0) is 25.6 Å². The zero-order valence-corrected chi connectivity index (χ0v) is 44.7. The van der Waals surface area contributed by atoms with Crippen molar-refractivity contribution in [2.75, 3.05) is 53.1 Å². The third kappa shape index (κ3) is 18.1. The van der Waals surface area contributed by atoms with E-state index in [1.807, 2.05) is 12.1 Å². The predicted octanol–water partition coefficient (Wildman–Crippen LogP) is 8.32. The molecule has 0 saturated heterocycles. The first-order chi connectivity index (χ1) is 36.0. The minimum atomic E-state index is -1.24. The van der Waals surface area contributed by atoms with E-state index in [9.17, 15) is 34.0 Å². The van der Waals surface area contributed by atoms with Gasteiger partial charge in [0.1, 0.15) is 42.3 Å². The van der Waals surface area contributed by atoms with E-state index in [4.69, 9.17) is 64.5 Å². The number of hydrogen-bond acceptors (Lipinski definition) is 14. The van der Waals surface area contributed by atoms with Gasteiger partial charge in [-0.15, -0.1) is 0 Å². The fourth-order valence-corrected chi connectivity index (χ4v) is 8.74. The molecule has 404 valence electrons. The minimum Gasteiger partial charge on any atom is -0.494 e. The molecule has 0 spiro atoms. The number of carbonyl (C=O) groups excluding carboxylic acids is 5. The van der Waals surface area contributed by atoms with Gasteiger partial charge in [0.25, 0.3) is 0 Å². The van der Waals surface area contributed by atoms with Crippen molar-refractivity contribution in [1.29, 1.82) is 5.26 Å². The topological polar surface area (TPSA) is 277 Å². The van der Waals surface area contributed by atoms with Crippen LogP contribution in [0.5, 0.6) is 23.0 Å². The second-order valence-corrected chi connectivity index (χ2v) is 18.9. The normalized spacial score (nSPS) is 15.7. The number of nitriles is 1. The van der Waals surface area contributed by atoms with Crippen LogP contribution in [0.1, 0.15) is 116 Å². The summed E-state index contributed by atoms with van der Waals surface area (Å²) in [6.07, 6.45) is 3.44. The molecule has 1 aliphatic heterocycles. The minimum absolute atomic E-state index is 0.0306. The van der Waals surface area contributed by atoms with E-state index < -0.39 is 47.5 Å². The smallest absolute Gasteiger partial charge is 0.337 e. The van der Waals surface area contributed by atoms with Crippen molar-refractivity contribution >= 4 is 58.3 Å². The van der Waals surface area contributed by atoms with Crippen LogP contribution in [0.25, 0.3) is 11.1 Å². The Morgan fingerprint density at radius 2 is 1.35 bits per heavy atom. The number of nitrogens with two attached hydrogens (primary N) is 3. The van der Waals surface area contributed by atoms with Gasteiger partial charge in [-0.25, -0.2) is 4.79 Å². The van der Waals surface area contributed by atoms with E-state index in [-0.39, 0.29) is 104 Å². The number of aromatic carboxylic acids is 1. The highest BCUT2D eigenvalue weighted by Crippen LogP contribution is 2.41. The molecule has 1 heterocycles. The summed E-state index contributed by atoms with van der Waals surface area (Å²) in [5.74, 6) is -3.11. The zero-order valence-electron chi connectivity index (χ0n) is 43.2. The van der Waals surface area contributed by atoms with Gasteiger partial charge in [0.2, 0.25) is 11.8 Å². The fourth-order valence-electron chi connectivity index (χ4n) is 8.21. The molecule has 0 unspecified atom stereocenters. The first-order valence-corrected chi connectivity index (χ1v) is 26.0. The van der Waals surface area contributed by atoms with Crippen molar-refractivity contribution in [2.45, 2.75) is 97.1 Å². The Hall–Kier alpha value is -6.55. The number of nitrogens with one attached hydrogen (secondary N) is 1. The summed E-state index contributed by atoms with van der Waals surface area (Å²) in [6, 6.07) is 19.6. The Morgan fingerprint density at radius 1 is 0.773 bits per heavy atom. The highest BCUT2D eigenvalue weighted by Gasteiger charge is 2.36. The number of halogens is 2. The Morgan fingerprint density at radius 3 is 1.88 bits per heavy atom. The molecule has 0 aromatic heterocycles. The maximum absolute atomic E-state index is 14.6. The number of carboxylic acids is 1. The molecular formula is C56H70Cl2N6O11. The number of nitrogens with zero attached hydrogens (tertiary/aromatic N) is 2. The number of rotatable bonds is 25. The van der Waals surface area contributed by atoms with Gasteiger partial charge < -0.3 is 51.5 Å². The van der Waals surface area contributed by atoms with Gasteiger partial charge in [0.15, 0.2) is 17.3 Å². The number of ketones is 3. The number of carbonyl (C=O) groups is 6. The molecule has 4 bridgehead atoms. The molecule has 4 aromatic rings. The second kappa shape index (κ2) is 31.4. The summed E-state index contributed by atoms with van der Waals surface area (Å²) in [6.45, 7) is 7.69. The summed E-state index contributed by atoms with van der Waals surface area (Å²) >= 11 is 12.3. The summed E-state index contributed by atoms with van der Waals surface area (Å²) < 4.78 is 23.3. The van der Waals surface area contributed by atoms with Gasteiger partial charge in [0.05, 0.1) is 40.9 Å². The monoisotopic (exact) mass is 1070 g/mol. The number of unbranched alkanes of at least 4 members (excludes halogenated alkanes) is 2. The summed E-state index contributed by atoms with van der Waals surface area (Å²) in [4.78, 5) is 82.0. The molecule has 4 aromatic carbocycles. The first-order valence-electron chi connectivity index (χ1n) is 25.3. The van der Waals surface area contributed by atoms with Crippen LogP contribution in [0.3, 0.4) is 0 Å². The Bertz CT molecular complexity index is 2640. The number of ether oxygens (including phenoxy) is 4. The van der Waals surface area contributed by atoms with Gasteiger partial charge in [-0.2, -0.15) is 5.26 Å². The number of likely N-dealkylation sites (N-methyl/N-ethyl adjacent to an activating group) is 1. The van der Waals surface area contributed by atoms with Crippen LogP contribution in [0.4, 0.5) is 0 Å². The molecule has 75 heavy (non-hydrogen) atoms. The molecular weight excluding hydrogens is 1000 g/mol. The second-order valence-electron chi connectivity index (χ2n) is 18.1. The summed E-state index contributed by atoms with van der Waals surface area (Å²) in [7, 11) is 1.49. The third-order valence-electron chi connectivity index (χ3n) is 12.3. The van der Waals surface area contributed by atoms with E-state index in [0.717, 1.165) is 25.7 Å². The Balaban J connectivity index is 0.000000694. The molecule has 4 atom stereocenters. The van der Waals surface area contributed by atoms with E-state index in [1.165, 1.54) is 24.1 Å². The average Bonchev–Trinajstić information content (AvgIpc) is 3.38. The lowest BCUT2D eigenvalue weighted by molar-refractivity contribution is -0.142. The van der Waals surface area contributed by atoms with Gasteiger partial charge in [0, 0.05) is 74.3 Å². The number of hydrogen-bond donors (Lipinski definition) is 5. The predicted molar refractivity (Wildman–Crippen MR) is 288 cm³/mol. The number of Topliss-reactive ketones (excluding diaryl/α,β-unsaturated/α-hetero) is 3. The highest BCUT2D eigenvalue weighted by molar-refractivity contribution is 6.34. The van der Waals surface area contributed by atoms with Gasteiger partial charge in [-0.05, 0) is 104 Å². The van der Waals surface area contributed by atoms with Crippen molar-refractivity contribution in [3.8, 4) is 40.2 Å². The Labute approximate surface area is 449 Å². The van der Waals surface area contributed by atoms with E-state index in [2.05, 4.69) is 19.2 Å². The number of fused-ring (bicyclic) bond motifs is 5. The standard InChI is InChI=1S/C45H57ClN6O8.C11H13ClO3/c1-4-5-19-58-32-10-11-33(36(46)27-32)39(54)26-31(14-16-48)45(57)52(3)43-30-9-13-42(60-21-18-50)35(25-30)34-23-29(8-12-41(34)59-20-17-49)24-37(38(53)7-6-15-47)51-44(56)28(2)22-40(43)55;1-2-3-6-15-8-4-5-9(11(13)14)10(12)7-8/h8-13,23,25,27-28,31,37,43H,4-7,14,16-22,24,26,48-50H2,1-3H3,(H,51,56);4-5,7H,2-3,6H2,1H3,(H,13,14)/t28-,31-,37+,43+;/m1./s1. The molecule has 0 fully saturated rings. The van der Waals surface area contributed by atoms with Crippen LogP contribution in [0, 0.1) is 23.2 Å². The maximum atomic E-state index is 14.6. The molecule has 8 N–H and O–H groups in total. The van der Waals surface area contributed by atoms with E-state index in [1.54, 1.807) is 61.5 Å². The first kappa shape index (κ1) is 61.0. The van der Waals surface area contributed by atoms with Crippen LogP contribution < -0.4 is 41.5 Å².